The van der Waals surface area contributed by atoms with E-state index in [0.29, 0.717) is 11.9 Å². The van der Waals surface area contributed by atoms with Crippen molar-refractivity contribution in [3.63, 3.8) is 0 Å². The van der Waals surface area contributed by atoms with E-state index in [2.05, 4.69) is 51.3 Å². The van der Waals surface area contributed by atoms with Gasteiger partial charge in [0.1, 0.15) is 0 Å². The van der Waals surface area contributed by atoms with E-state index >= 15 is 0 Å². The Morgan fingerprint density at radius 3 is 2.65 bits per heavy atom. The number of nitrogens with zero attached hydrogens (tertiary/aromatic N) is 3. The maximum atomic E-state index is 12.0. The molecule has 2 aliphatic rings. The molecular weight excluding hydrogens is 439 g/mol. The van der Waals surface area contributed by atoms with Crippen LogP contribution in [0.4, 0.5) is 0 Å². The van der Waals surface area contributed by atoms with Gasteiger partial charge >= 0.3 is 0 Å². The van der Waals surface area contributed by atoms with Gasteiger partial charge in [-0.3, -0.25) is 9.79 Å². The van der Waals surface area contributed by atoms with Crippen LogP contribution in [0.25, 0.3) is 0 Å². The molecule has 0 bridgehead atoms. The molecule has 1 N–H and O–H groups in total. The number of nitrogens with one attached hydrogen (secondary N) is 1. The first-order chi connectivity index (χ1) is 12.2. The molecule has 1 atom stereocenters. The van der Waals surface area contributed by atoms with Gasteiger partial charge in [-0.2, -0.15) is 0 Å². The minimum atomic E-state index is 0. The van der Waals surface area contributed by atoms with Gasteiger partial charge in [-0.25, -0.2) is 0 Å². The number of benzene rings is 1. The Balaban J connectivity index is 0.00000243. The standard InChI is InChI=1S/C20H30N4O.HI/c1-3-18(24-13-6-9-19(24)25)10-12-22-20(21-2)23-14-11-16-7-4-5-8-17(16)15-23;/h4-5,7-8,18H,3,6,9-15H2,1-2H3,(H,21,22);1H. The lowest BCUT2D eigenvalue weighted by Crippen LogP contribution is -2.45. The van der Waals surface area contributed by atoms with Gasteiger partial charge in [0.15, 0.2) is 5.96 Å². The average Bonchev–Trinajstić information content (AvgIpc) is 3.07. The molecule has 0 radical (unpaired) electrons. The summed E-state index contributed by atoms with van der Waals surface area (Å²) in [5.74, 6) is 1.29. The number of halogens is 1. The van der Waals surface area contributed by atoms with Crippen molar-refractivity contribution in [2.45, 2.75) is 51.6 Å². The average molecular weight is 470 g/mol. The van der Waals surface area contributed by atoms with Crippen molar-refractivity contribution >= 4 is 35.8 Å². The topological polar surface area (TPSA) is 47.9 Å². The number of aliphatic imine (C=N–C) groups is 1. The van der Waals surface area contributed by atoms with Gasteiger partial charge in [0, 0.05) is 45.7 Å². The van der Waals surface area contributed by atoms with Crippen LogP contribution in [0.1, 0.15) is 43.7 Å². The van der Waals surface area contributed by atoms with E-state index in [1.807, 2.05) is 7.05 Å². The molecule has 3 rings (SSSR count). The zero-order chi connectivity index (χ0) is 17.6. The predicted octanol–water partition coefficient (Wildman–Crippen LogP) is 3.03. The van der Waals surface area contributed by atoms with Gasteiger partial charge in [0.25, 0.3) is 0 Å². The molecule has 2 aliphatic heterocycles. The van der Waals surface area contributed by atoms with E-state index in [1.165, 1.54) is 11.1 Å². The molecule has 0 aliphatic carbocycles. The Hall–Kier alpha value is -1.31. The number of fused-ring (bicyclic) bond motifs is 1. The van der Waals surface area contributed by atoms with Gasteiger partial charge in [0.2, 0.25) is 5.91 Å². The molecule has 0 spiro atoms. The molecule has 1 amide bonds. The van der Waals surface area contributed by atoms with Crippen molar-refractivity contribution < 1.29 is 4.79 Å². The number of likely N-dealkylation sites (tertiary alicyclic amines) is 1. The molecule has 1 fully saturated rings. The second-order valence-corrected chi connectivity index (χ2v) is 6.96. The minimum absolute atomic E-state index is 0. The number of rotatable bonds is 5. The molecule has 5 nitrogen and oxygen atoms in total. The van der Waals surface area contributed by atoms with Crippen LogP contribution in [0.15, 0.2) is 29.3 Å². The van der Waals surface area contributed by atoms with E-state index in [4.69, 9.17) is 0 Å². The number of hydrogen-bond acceptors (Lipinski definition) is 2. The van der Waals surface area contributed by atoms with Gasteiger partial charge < -0.3 is 15.1 Å². The minimum Gasteiger partial charge on any atom is -0.356 e. The molecule has 26 heavy (non-hydrogen) atoms. The molecule has 1 aromatic carbocycles. The molecular formula is C20H31IN4O. The molecule has 2 heterocycles. The fourth-order valence-electron chi connectivity index (χ4n) is 3.99. The van der Waals surface area contributed by atoms with Gasteiger partial charge in [0.05, 0.1) is 0 Å². The third kappa shape index (κ3) is 4.90. The lowest BCUT2D eigenvalue weighted by atomic mass is 10.0. The lowest BCUT2D eigenvalue weighted by molar-refractivity contribution is -0.129. The maximum Gasteiger partial charge on any atom is 0.222 e. The second-order valence-electron chi connectivity index (χ2n) is 6.96. The highest BCUT2D eigenvalue weighted by Crippen LogP contribution is 2.19. The Morgan fingerprint density at radius 2 is 2.00 bits per heavy atom. The van der Waals surface area contributed by atoms with Crippen LogP contribution in [-0.2, 0) is 17.8 Å². The van der Waals surface area contributed by atoms with Crippen molar-refractivity contribution in [1.29, 1.82) is 0 Å². The summed E-state index contributed by atoms with van der Waals surface area (Å²) < 4.78 is 0. The predicted molar refractivity (Wildman–Crippen MR) is 117 cm³/mol. The Kier molecular flexibility index (Phi) is 8.18. The van der Waals surface area contributed by atoms with Crippen molar-refractivity contribution in [3.05, 3.63) is 35.4 Å². The number of hydrogen-bond donors (Lipinski definition) is 1. The van der Waals surface area contributed by atoms with Crippen molar-refractivity contribution in [3.8, 4) is 0 Å². The molecule has 0 aromatic heterocycles. The van der Waals surface area contributed by atoms with E-state index in [9.17, 15) is 4.79 Å². The number of guanidine groups is 1. The summed E-state index contributed by atoms with van der Waals surface area (Å²) in [4.78, 5) is 20.8. The van der Waals surface area contributed by atoms with Crippen molar-refractivity contribution in [2.24, 2.45) is 4.99 Å². The smallest absolute Gasteiger partial charge is 0.222 e. The van der Waals surface area contributed by atoms with Crippen LogP contribution in [0.3, 0.4) is 0 Å². The summed E-state index contributed by atoms with van der Waals surface area (Å²) in [6.07, 6.45) is 4.79. The second kappa shape index (κ2) is 10.1. The summed E-state index contributed by atoms with van der Waals surface area (Å²) in [6.45, 7) is 5.87. The van der Waals surface area contributed by atoms with E-state index in [1.54, 1.807) is 0 Å². The largest absolute Gasteiger partial charge is 0.356 e. The maximum absolute atomic E-state index is 12.0. The zero-order valence-corrected chi connectivity index (χ0v) is 18.2. The monoisotopic (exact) mass is 470 g/mol. The highest BCUT2D eigenvalue weighted by molar-refractivity contribution is 14.0. The van der Waals surface area contributed by atoms with Gasteiger partial charge in [-0.15, -0.1) is 24.0 Å². The van der Waals surface area contributed by atoms with E-state index in [-0.39, 0.29) is 24.0 Å². The van der Waals surface area contributed by atoms with Crippen LogP contribution < -0.4 is 5.32 Å². The number of amides is 1. The summed E-state index contributed by atoms with van der Waals surface area (Å²) in [6, 6.07) is 9.01. The Bertz CT molecular complexity index is 634. The molecule has 1 aromatic rings. The molecule has 6 heteroatoms. The summed E-state index contributed by atoms with van der Waals surface area (Å²) in [5.41, 5.74) is 2.85. The Morgan fingerprint density at radius 1 is 1.23 bits per heavy atom. The fraction of sp³-hybridized carbons (Fsp3) is 0.600. The Labute approximate surface area is 174 Å². The van der Waals surface area contributed by atoms with Crippen LogP contribution in [-0.4, -0.2) is 54.4 Å². The number of carbonyl (C=O) groups is 1. The van der Waals surface area contributed by atoms with Crippen LogP contribution in [0.2, 0.25) is 0 Å². The SMILES string of the molecule is CCC(CCNC(=NC)N1CCc2ccccc2C1)N1CCCC1=O.I. The fourth-order valence-corrected chi connectivity index (χ4v) is 3.99. The van der Waals surface area contributed by atoms with Crippen LogP contribution in [0.5, 0.6) is 0 Å². The lowest BCUT2D eigenvalue weighted by Gasteiger charge is -2.32. The molecule has 144 valence electrons. The highest BCUT2D eigenvalue weighted by Gasteiger charge is 2.26. The van der Waals surface area contributed by atoms with Crippen LogP contribution in [0, 0.1) is 0 Å². The normalized spacial score (nSPS) is 18.4. The van der Waals surface area contributed by atoms with Gasteiger partial charge in [-0.05, 0) is 36.8 Å². The first-order valence-electron chi connectivity index (χ1n) is 9.54. The van der Waals surface area contributed by atoms with Crippen molar-refractivity contribution in [2.75, 3.05) is 26.7 Å². The number of carbonyl (C=O) groups excluding carboxylic acids is 1. The van der Waals surface area contributed by atoms with Crippen LogP contribution >= 0.6 is 24.0 Å². The zero-order valence-electron chi connectivity index (χ0n) is 15.9. The summed E-state index contributed by atoms with van der Waals surface area (Å²) >= 11 is 0. The van der Waals surface area contributed by atoms with Crippen molar-refractivity contribution in [1.82, 2.24) is 15.1 Å². The van der Waals surface area contributed by atoms with Gasteiger partial charge in [-0.1, -0.05) is 31.2 Å². The third-order valence-electron chi connectivity index (χ3n) is 5.42. The van der Waals surface area contributed by atoms with E-state index < -0.39 is 0 Å². The molecule has 1 unspecified atom stereocenters. The molecule has 0 saturated carbocycles. The summed E-state index contributed by atoms with van der Waals surface area (Å²) in [5, 5.41) is 3.51. The summed E-state index contributed by atoms with van der Waals surface area (Å²) in [7, 11) is 1.85. The third-order valence-corrected chi connectivity index (χ3v) is 5.42. The molecule has 1 saturated heterocycles. The first-order valence-corrected chi connectivity index (χ1v) is 9.54. The highest BCUT2D eigenvalue weighted by atomic mass is 127. The first kappa shape index (κ1) is 21.0. The quantitative estimate of drug-likeness (QED) is 0.409. The van der Waals surface area contributed by atoms with E-state index in [0.717, 1.165) is 64.2 Å².